The zero-order valence-corrected chi connectivity index (χ0v) is 6.76. The number of nitroso groups, excluding NO2 is 1. The van der Waals surface area contributed by atoms with Gasteiger partial charge in [0.15, 0.2) is 0 Å². The van der Waals surface area contributed by atoms with Crippen molar-refractivity contribution in [1.82, 2.24) is 0 Å². The molecule has 0 unspecified atom stereocenters. The molecule has 0 spiro atoms. The fourth-order valence-corrected chi connectivity index (χ4v) is 0.752. The van der Waals surface area contributed by atoms with E-state index in [1.165, 1.54) is 0 Å². The predicted octanol–water partition coefficient (Wildman–Crippen LogP) is 2.89. The summed E-state index contributed by atoms with van der Waals surface area (Å²) in [6.45, 7) is 4.54. The van der Waals surface area contributed by atoms with E-state index in [-0.39, 0.29) is 0 Å². The molecule has 2 nitrogen and oxygen atoms in total. The summed E-state index contributed by atoms with van der Waals surface area (Å²) < 4.78 is 0. The summed E-state index contributed by atoms with van der Waals surface area (Å²) in [5, 5.41) is 2.84. The molecule has 0 saturated heterocycles. The lowest BCUT2D eigenvalue weighted by molar-refractivity contribution is 0.913. The molecule has 0 bridgehead atoms. The van der Waals surface area contributed by atoms with Crippen molar-refractivity contribution in [3.05, 3.63) is 16.6 Å². The lowest BCUT2D eigenvalue weighted by Crippen LogP contribution is -1.85. The van der Waals surface area contributed by atoms with E-state index in [2.05, 4.69) is 18.2 Å². The van der Waals surface area contributed by atoms with E-state index in [0.717, 1.165) is 24.8 Å². The molecule has 58 valence electrons. The Balaban J connectivity index is 3.65. The van der Waals surface area contributed by atoms with E-state index in [4.69, 9.17) is 0 Å². The Hall–Kier alpha value is -0.660. The highest BCUT2D eigenvalue weighted by atomic mass is 16.3. The van der Waals surface area contributed by atoms with Gasteiger partial charge in [0.05, 0.1) is 0 Å². The summed E-state index contributed by atoms with van der Waals surface area (Å²) in [6.07, 6.45) is 5.27. The van der Waals surface area contributed by atoms with Crippen LogP contribution in [0.3, 0.4) is 0 Å². The minimum Gasteiger partial charge on any atom is -0.150 e. The molecule has 0 aliphatic heterocycles. The SMILES string of the molecule is CCCC=C(CC)CN=O. The molecule has 0 radical (unpaired) electrons. The highest BCUT2D eigenvalue weighted by Crippen LogP contribution is 2.03. The zero-order valence-electron chi connectivity index (χ0n) is 6.76. The van der Waals surface area contributed by atoms with Gasteiger partial charge < -0.3 is 0 Å². The Morgan fingerprint density at radius 2 is 2.20 bits per heavy atom. The van der Waals surface area contributed by atoms with Gasteiger partial charge >= 0.3 is 0 Å². The molecular formula is C8H15NO. The van der Waals surface area contributed by atoms with Gasteiger partial charge in [-0.05, 0) is 18.4 Å². The summed E-state index contributed by atoms with van der Waals surface area (Å²) in [4.78, 5) is 9.85. The maximum absolute atomic E-state index is 9.85. The van der Waals surface area contributed by atoms with E-state index in [1.54, 1.807) is 0 Å². The van der Waals surface area contributed by atoms with Crippen molar-refractivity contribution in [2.75, 3.05) is 6.54 Å². The highest BCUT2D eigenvalue weighted by Gasteiger charge is 1.90. The Kier molecular flexibility index (Phi) is 6.03. The van der Waals surface area contributed by atoms with Gasteiger partial charge in [-0.25, -0.2) is 0 Å². The van der Waals surface area contributed by atoms with Crippen LogP contribution in [-0.4, -0.2) is 6.54 Å². The van der Waals surface area contributed by atoms with Gasteiger partial charge in [0, 0.05) is 0 Å². The first-order chi connectivity index (χ1) is 4.85. The fraction of sp³-hybridized carbons (Fsp3) is 0.750. The van der Waals surface area contributed by atoms with Crippen LogP contribution in [0.4, 0.5) is 0 Å². The largest absolute Gasteiger partial charge is 0.150 e. The van der Waals surface area contributed by atoms with Crippen LogP contribution < -0.4 is 0 Å². The first-order valence-electron chi connectivity index (χ1n) is 3.82. The van der Waals surface area contributed by atoms with Crippen LogP contribution in [0.2, 0.25) is 0 Å². The lowest BCUT2D eigenvalue weighted by atomic mass is 10.1. The first kappa shape index (κ1) is 9.34. The van der Waals surface area contributed by atoms with Crippen molar-refractivity contribution in [3.8, 4) is 0 Å². The van der Waals surface area contributed by atoms with Crippen LogP contribution in [0, 0.1) is 4.91 Å². The number of rotatable bonds is 5. The summed E-state index contributed by atoms with van der Waals surface area (Å²) in [6, 6.07) is 0. The van der Waals surface area contributed by atoms with Gasteiger partial charge in [0.2, 0.25) is 0 Å². The van der Waals surface area contributed by atoms with Gasteiger partial charge in [-0.2, -0.15) is 4.91 Å². The molecule has 0 saturated carbocycles. The zero-order chi connectivity index (χ0) is 7.82. The summed E-state index contributed by atoms with van der Waals surface area (Å²) in [5.74, 6) is 0. The molecule has 2 heteroatoms. The van der Waals surface area contributed by atoms with Crippen LogP contribution in [-0.2, 0) is 0 Å². The standard InChI is InChI=1S/C8H15NO/c1-3-5-6-8(4-2)7-9-10/h6H,3-5,7H2,1-2H3. The first-order valence-corrected chi connectivity index (χ1v) is 3.82. The van der Waals surface area contributed by atoms with Crippen molar-refractivity contribution in [1.29, 1.82) is 0 Å². The lowest BCUT2D eigenvalue weighted by Gasteiger charge is -1.95. The quantitative estimate of drug-likeness (QED) is 0.427. The number of nitrogens with zero attached hydrogens (tertiary/aromatic N) is 1. The molecule has 0 aliphatic rings. The van der Waals surface area contributed by atoms with Gasteiger partial charge in [0.25, 0.3) is 0 Å². The van der Waals surface area contributed by atoms with Gasteiger partial charge in [-0.3, -0.25) is 0 Å². The molecule has 0 aromatic rings. The van der Waals surface area contributed by atoms with Crippen LogP contribution in [0.15, 0.2) is 16.8 Å². The molecule has 0 fully saturated rings. The molecule has 0 aromatic carbocycles. The molecule has 0 aromatic heterocycles. The van der Waals surface area contributed by atoms with Crippen LogP contribution in [0.5, 0.6) is 0 Å². The predicted molar refractivity (Wildman–Crippen MR) is 43.9 cm³/mol. The topological polar surface area (TPSA) is 29.4 Å². The van der Waals surface area contributed by atoms with Crippen LogP contribution in [0.1, 0.15) is 33.1 Å². The van der Waals surface area contributed by atoms with Crippen LogP contribution in [0.25, 0.3) is 0 Å². The Morgan fingerprint density at radius 1 is 1.50 bits per heavy atom. The van der Waals surface area contributed by atoms with E-state index in [0.29, 0.717) is 6.54 Å². The Morgan fingerprint density at radius 3 is 2.60 bits per heavy atom. The Bertz CT molecular complexity index is 118. The minimum atomic E-state index is 0.372. The summed E-state index contributed by atoms with van der Waals surface area (Å²) in [7, 11) is 0. The third kappa shape index (κ3) is 4.24. The number of hydrogen-bond donors (Lipinski definition) is 0. The number of unbranched alkanes of at least 4 members (excludes halogenated alkanes) is 1. The van der Waals surface area contributed by atoms with Gasteiger partial charge in [-0.1, -0.05) is 31.5 Å². The fourth-order valence-electron chi connectivity index (χ4n) is 0.752. The third-order valence-corrected chi connectivity index (χ3v) is 1.44. The van der Waals surface area contributed by atoms with Crippen molar-refractivity contribution in [2.24, 2.45) is 5.18 Å². The smallest absolute Gasteiger partial charge is 0.102 e. The molecule has 10 heavy (non-hydrogen) atoms. The van der Waals surface area contributed by atoms with Crippen molar-refractivity contribution in [2.45, 2.75) is 33.1 Å². The minimum absolute atomic E-state index is 0.372. The number of allylic oxidation sites excluding steroid dienone is 1. The van der Waals surface area contributed by atoms with Crippen molar-refractivity contribution < 1.29 is 0 Å². The summed E-state index contributed by atoms with van der Waals surface area (Å²) >= 11 is 0. The van der Waals surface area contributed by atoms with E-state index in [1.807, 2.05) is 6.92 Å². The Labute approximate surface area is 62.3 Å². The average molecular weight is 141 g/mol. The molecule has 0 atom stereocenters. The second kappa shape index (κ2) is 6.46. The molecule has 0 amide bonds. The second-order valence-electron chi connectivity index (χ2n) is 2.29. The molecule has 0 N–H and O–H groups in total. The average Bonchev–Trinajstić information content (AvgIpc) is 1.98. The summed E-state index contributed by atoms with van der Waals surface area (Å²) in [5.41, 5.74) is 1.16. The third-order valence-electron chi connectivity index (χ3n) is 1.44. The van der Waals surface area contributed by atoms with Crippen molar-refractivity contribution >= 4 is 0 Å². The molecule has 0 rings (SSSR count). The molecule has 0 aliphatic carbocycles. The van der Waals surface area contributed by atoms with E-state index < -0.39 is 0 Å². The molecule has 0 heterocycles. The van der Waals surface area contributed by atoms with Crippen molar-refractivity contribution in [3.63, 3.8) is 0 Å². The highest BCUT2D eigenvalue weighted by molar-refractivity contribution is 5.02. The monoisotopic (exact) mass is 141 g/mol. The van der Waals surface area contributed by atoms with Gasteiger partial charge in [0.1, 0.15) is 6.54 Å². The van der Waals surface area contributed by atoms with Crippen LogP contribution >= 0.6 is 0 Å². The van der Waals surface area contributed by atoms with E-state index in [9.17, 15) is 4.91 Å². The van der Waals surface area contributed by atoms with Gasteiger partial charge in [-0.15, -0.1) is 0 Å². The maximum Gasteiger partial charge on any atom is 0.102 e. The second-order valence-corrected chi connectivity index (χ2v) is 2.29. The maximum atomic E-state index is 9.85. The molecular weight excluding hydrogens is 126 g/mol. The number of hydrogen-bond acceptors (Lipinski definition) is 2. The van der Waals surface area contributed by atoms with E-state index >= 15 is 0 Å². The normalized spacial score (nSPS) is 11.6.